The van der Waals surface area contributed by atoms with Crippen molar-refractivity contribution in [2.45, 2.75) is 19.4 Å². The van der Waals surface area contributed by atoms with Gasteiger partial charge in [0.25, 0.3) is 5.91 Å². The van der Waals surface area contributed by atoms with Crippen molar-refractivity contribution in [3.05, 3.63) is 55.8 Å². The normalized spacial score (nSPS) is 12.1. The van der Waals surface area contributed by atoms with Gasteiger partial charge in [-0.25, -0.2) is 0 Å². The van der Waals surface area contributed by atoms with Crippen LogP contribution in [-0.2, 0) is 6.42 Å². The van der Waals surface area contributed by atoms with Crippen LogP contribution in [0.25, 0.3) is 0 Å². The predicted molar refractivity (Wildman–Crippen MR) is 84.1 cm³/mol. The van der Waals surface area contributed by atoms with Crippen molar-refractivity contribution >= 4 is 39.8 Å². The molecule has 1 heterocycles. The molecule has 1 atom stereocenters. The number of hydrogen-bond donors (Lipinski definition) is 1. The molecular formula is C14H14INOS. The van der Waals surface area contributed by atoms with Crippen LogP contribution < -0.4 is 5.32 Å². The molecule has 0 saturated heterocycles. The maximum absolute atomic E-state index is 12.1. The van der Waals surface area contributed by atoms with E-state index in [0.29, 0.717) is 0 Å². The Hall–Kier alpha value is -0.880. The second-order valence-corrected chi connectivity index (χ2v) is 6.13. The summed E-state index contributed by atoms with van der Waals surface area (Å²) in [5.74, 6) is 0.00253. The first kappa shape index (κ1) is 13.5. The molecule has 0 spiro atoms. The van der Waals surface area contributed by atoms with Gasteiger partial charge in [0.1, 0.15) is 0 Å². The molecule has 0 aliphatic heterocycles. The Bertz CT molecular complexity index is 524. The molecule has 2 nitrogen and oxygen atoms in total. The lowest BCUT2D eigenvalue weighted by atomic mass is 10.1. The van der Waals surface area contributed by atoms with Crippen molar-refractivity contribution in [2.75, 3.05) is 0 Å². The van der Waals surface area contributed by atoms with Crippen LogP contribution >= 0.6 is 33.9 Å². The smallest absolute Gasteiger partial charge is 0.252 e. The van der Waals surface area contributed by atoms with Crippen LogP contribution in [0, 0.1) is 3.57 Å². The minimum Gasteiger partial charge on any atom is -0.349 e. The molecule has 94 valence electrons. The molecule has 1 amide bonds. The summed E-state index contributed by atoms with van der Waals surface area (Å²) in [5.41, 5.74) is 2.02. The van der Waals surface area contributed by atoms with E-state index < -0.39 is 0 Å². The van der Waals surface area contributed by atoms with E-state index in [2.05, 4.69) is 44.7 Å². The maximum atomic E-state index is 12.1. The van der Waals surface area contributed by atoms with Gasteiger partial charge < -0.3 is 5.32 Å². The van der Waals surface area contributed by atoms with Gasteiger partial charge in [-0.15, -0.1) is 0 Å². The Balaban J connectivity index is 1.97. The van der Waals surface area contributed by atoms with E-state index in [0.717, 1.165) is 15.6 Å². The average Bonchev–Trinajstić information content (AvgIpc) is 2.82. The second kappa shape index (κ2) is 6.33. The number of thiophene rings is 1. The molecule has 0 aliphatic rings. The molecule has 1 unspecified atom stereocenters. The fraction of sp³-hybridized carbons (Fsp3) is 0.214. The number of hydrogen-bond acceptors (Lipinski definition) is 2. The summed E-state index contributed by atoms with van der Waals surface area (Å²) in [7, 11) is 0. The summed E-state index contributed by atoms with van der Waals surface area (Å²) in [6.45, 7) is 2.03. The van der Waals surface area contributed by atoms with E-state index >= 15 is 0 Å². The molecule has 2 aromatic rings. The van der Waals surface area contributed by atoms with Crippen molar-refractivity contribution in [2.24, 2.45) is 0 Å². The summed E-state index contributed by atoms with van der Waals surface area (Å²) < 4.78 is 0.982. The molecule has 1 aromatic carbocycles. The van der Waals surface area contributed by atoms with Gasteiger partial charge >= 0.3 is 0 Å². The molecular weight excluding hydrogens is 357 g/mol. The summed E-state index contributed by atoms with van der Waals surface area (Å²) in [4.78, 5) is 12.1. The van der Waals surface area contributed by atoms with E-state index in [1.54, 1.807) is 11.3 Å². The highest BCUT2D eigenvalue weighted by Gasteiger charge is 2.12. The SMILES string of the molecule is CC(Cc1ccsc1)NC(=O)c1ccccc1I. The number of rotatable bonds is 4. The highest BCUT2D eigenvalue weighted by atomic mass is 127. The van der Waals surface area contributed by atoms with Gasteiger partial charge in [-0.2, -0.15) is 11.3 Å². The van der Waals surface area contributed by atoms with E-state index in [1.165, 1.54) is 5.56 Å². The molecule has 0 aliphatic carbocycles. The van der Waals surface area contributed by atoms with E-state index in [9.17, 15) is 4.79 Å². The van der Waals surface area contributed by atoms with Gasteiger partial charge in [-0.3, -0.25) is 4.79 Å². The molecule has 1 aromatic heterocycles. The first-order valence-corrected chi connectivity index (χ1v) is 7.75. The van der Waals surface area contributed by atoms with Crippen molar-refractivity contribution in [1.29, 1.82) is 0 Å². The second-order valence-electron chi connectivity index (χ2n) is 4.19. The highest BCUT2D eigenvalue weighted by molar-refractivity contribution is 14.1. The molecule has 2 rings (SSSR count). The third-order valence-electron chi connectivity index (χ3n) is 2.62. The number of benzene rings is 1. The van der Waals surface area contributed by atoms with Crippen LogP contribution in [0.2, 0.25) is 0 Å². The van der Waals surface area contributed by atoms with Crippen molar-refractivity contribution in [1.82, 2.24) is 5.32 Å². The minimum absolute atomic E-state index is 0.00253. The monoisotopic (exact) mass is 371 g/mol. The number of carbonyl (C=O) groups is 1. The largest absolute Gasteiger partial charge is 0.349 e. The summed E-state index contributed by atoms with van der Waals surface area (Å²) in [6, 6.07) is 9.86. The van der Waals surface area contributed by atoms with Crippen molar-refractivity contribution in [3.63, 3.8) is 0 Å². The fourth-order valence-corrected chi connectivity index (χ4v) is 3.07. The van der Waals surface area contributed by atoms with Crippen LogP contribution in [-0.4, -0.2) is 11.9 Å². The number of amides is 1. The third-order valence-corrected chi connectivity index (χ3v) is 4.29. The number of carbonyl (C=O) groups excluding carboxylic acids is 1. The topological polar surface area (TPSA) is 29.1 Å². The summed E-state index contributed by atoms with van der Waals surface area (Å²) in [5, 5.41) is 7.22. The number of halogens is 1. The lowest BCUT2D eigenvalue weighted by molar-refractivity contribution is 0.0939. The third kappa shape index (κ3) is 3.55. The van der Waals surface area contributed by atoms with E-state index in [-0.39, 0.29) is 11.9 Å². The summed E-state index contributed by atoms with van der Waals surface area (Å²) in [6.07, 6.45) is 0.874. The molecule has 1 N–H and O–H groups in total. The molecule has 18 heavy (non-hydrogen) atoms. The quantitative estimate of drug-likeness (QED) is 0.816. The van der Waals surface area contributed by atoms with Gasteiger partial charge in [0, 0.05) is 9.61 Å². The van der Waals surface area contributed by atoms with Gasteiger partial charge in [-0.05, 0) is 70.5 Å². The van der Waals surface area contributed by atoms with E-state index in [4.69, 9.17) is 0 Å². The van der Waals surface area contributed by atoms with Gasteiger partial charge in [0.05, 0.1) is 5.56 Å². The lowest BCUT2D eigenvalue weighted by Gasteiger charge is -2.13. The lowest BCUT2D eigenvalue weighted by Crippen LogP contribution is -2.34. The van der Waals surface area contributed by atoms with Crippen LogP contribution in [0.3, 0.4) is 0 Å². The molecule has 0 fully saturated rings. The van der Waals surface area contributed by atoms with Crippen LogP contribution in [0.15, 0.2) is 41.1 Å². The fourth-order valence-electron chi connectivity index (χ4n) is 1.76. The van der Waals surface area contributed by atoms with Crippen LogP contribution in [0.1, 0.15) is 22.8 Å². The minimum atomic E-state index is 0.00253. The Morgan fingerprint density at radius 3 is 2.83 bits per heavy atom. The van der Waals surface area contributed by atoms with Crippen molar-refractivity contribution < 1.29 is 4.79 Å². The Kier molecular flexibility index (Phi) is 4.77. The average molecular weight is 371 g/mol. The van der Waals surface area contributed by atoms with Crippen molar-refractivity contribution in [3.8, 4) is 0 Å². The van der Waals surface area contributed by atoms with E-state index in [1.807, 2.05) is 31.2 Å². The summed E-state index contributed by atoms with van der Waals surface area (Å²) >= 11 is 3.87. The zero-order chi connectivity index (χ0) is 13.0. The standard InChI is InChI=1S/C14H14INOS/c1-10(8-11-6-7-18-9-11)16-14(17)12-4-2-3-5-13(12)15/h2-7,9-10H,8H2,1H3,(H,16,17). The molecule has 0 bridgehead atoms. The van der Waals surface area contributed by atoms with Gasteiger partial charge in [0.2, 0.25) is 0 Å². The zero-order valence-electron chi connectivity index (χ0n) is 10.0. The molecule has 0 radical (unpaired) electrons. The molecule has 0 saturated carbocycles. The Morgan fingerprint density at radius 2 is 2.17 bits per heavy atom. The number of nitrogens with one attached hydrogen (secondary N) is 1. The Morgan fingerprint density at radius 1 is 1.39 bits per heavy atom. The zero-order valence-corrected chi connectivity index (χ0v) is 13.0. The van der Waals surface area contributed by atoms with Crippen LogP contribution in [0.5, 0.6) is 0 Å². The molecule has 4 heteroatoms. The predicted octanol–water partition coefficient (Wildman–Crippen LogP) is 3.71. The highest BCUT2D eigenvalue weighted by Crippen LogP contribution is 2.12. The Labute approximate surface area is 125 Å². The van der Waals surface area contributed by atoms with Gasteiger partial charge in [0.15, 0.2) is 0 Å². The maximum Gasteiger partial charge on any atom is 0.252 e. The first-order valence-electron chi connectivity index (χ1n) is 5.73. The van der Waals surface area contributed by atoms with Gasteiger partial charge in [-0.1, -0.05) is 12.1 Å². The first-order chi connectivity index (χ1) is 8.66. The van der Waals surface area contributed by atoms with Crippen LogP contribution in [0.4, 0.5) is 0 Å².